The fraction of sp³-hybridized carbons (Fsp3) is 0.747. The van der Waals surface area contributed by atoms with Gasteiger partial charge in [-0.25, -0.2) is 0 Å². The van der Waals surface area contributed by atoms with E-state index in [1.807, 2.05) is 6.08 Å². The van der Waals surface area contributed by atoms with Gasteiger partial charge in [-0.15, -0.1) is 0 Å². The lowest BCUT2D eigenvalue weighted by atomic mass is 10.0. The van der Waals surface area contributed by atoms with Crippen molar-refractivity contribution in [1.29, 1.82) is 0 Å². The minimum atomic E-state index is -0.840. The number of unbranched alkanes of at least 4 members (excludes halogenated alkanes) is 37. The Morgan fingerprint density at radius 3 is 0.815 bits per heavy atom. The van der Waals surface area contributed by atoms with Crippen LogP contribution in [0, 0.1) is 0 Å². The first-order chi connectivity index (χ1) is 40.0. The number of hydrogen-bond acceptors (Lipinski definition) is 6. The fourth-order valence-corrected chi connectivity index (χ4v) is 10.0. The molecule has 0 heterocycles. The van der Waals surface area contributed by atoms with Gasteiger partial charge in [0.05, 0.1) is 6.42 Å². The second-order valence-electron chi connectivity index (χ2n) is 23.1. The molecule has 0 aromatic heterocycles. The Kier molecular flexibility index (Phi) is 65.7. The van der Waals surface area contributed by atoms with Crippen LogP contribution in [0.25, 0.3) is 0 Å². The molecule has 1 atom stereocenters. The summed E-state index contributed by atoms with van der Waals surface area (Å²) in [6.07, 6.45) is 93.5. The van der Waals surface area contributed by atoms with Gasteiger partial charge in [0.1, 0.15) is 13.2 Å². The Hall–Kier alpha value is -3.67. The predicted octanol–water partition coefficient (Wildman–Crippen LogP) is 24.0. The monoisotopic (exact) mass is 1130 g/mol. The van der Waals surface area contributed by atoms with Crippen LogP contribution >= 0.6 is 0 Å². The lowest BCUT2D eigenvalue weighted by Gasteiger charge is -2.18. The first-order valence-corrected chi connectivity index (χ1v) is 34.7. The number of ether oxygens (including phenoxy) is 3. The van der Waals surface area contributed by atoms with Crippen LogP contribution in [-0.4, -0.2) is 37.2 Å². The van der Waals surface area contributed by atoms with Crippen molar-refractivity contribution in [2.24, 2.45) is 0 Å². The van der Waals surface area contributed by atoms with Crippen molar-refractivity contribution in [1.82, 2.24) is 0 Å². The van der Waals surface area contributed by atoms with Crippen molar-refractivity contribution < 1.29 is 28.6 Å². The molecule has 0 N–H and O–H groups in total. The average Bonchev–Trinajstić information content (AvgIpc) is 3.47. The highest BCUT2D eigenvalue weighted by atomic mass is 16.6. The molecule has 0 aliphatic carbocycles. The van der Waals surface area contributed by atoms with Gasteiger partial charge in [-0.1, -0.05) is 343 Å². The molecule has 0 radical (unpaired) electrons. The Bertz CT molecular complexity index is 1580. The highest BCUT2D eigenvalue weighted by Gasteiger charge is 2.19. The number of rotatable bonds is 63. The zero-order chi connectivity index (χ0) is 58.5. The molecule has 0 aliphatic heterocycles. The van der Waals surface area contributed by atoms with Crippen molar-refractivity contribution >= 4 is 17.9 Å². The number of allylic oxidation sites excluding steroid dienone is 15. The Balaban J connectivity index is 4.19. The van der Waals surface area contributed by atoms with Crippen LogP contribution in [0.3, 0.4) is 0 Å². The van der Waals surface area contributed by atoms with Crippen LogP contribution < -0.4 is 0 Å². The molecule has 0 bridgehead atoms. The van der Waals surface area contributed by atoms with Crippen LogP contribution in [0.5, 0.6) is 0 Å². The minimum Gasteiger partial charge on any atom is -0.462 e. The summed E-state index contributed by atoms with van der Waals surface area (Å²) in [5.41, 5.74) is 0. The van der Waals surface area contributed by atoms with Crippen LogP contribution in [0.4, 0.5) is 0 Å². The highest BCUT2D eigenvalue weighted by molar-refractivity contribution is 5.72. The molecule has 0 aromatic carbocycles. The molecule has 81 heavy (non-hydrogen) atoms. The van der Waals surface area contributed by atoms with Crippen molar-refractivity contribution in [3.8, 4) is 0 Å². The van der Waals surface area contributed by atoms with E-state index in [1.165, 1.54) is 193 Å². The van der Waals surface area contributed by atoms with Crippen molar-refractivity contribution in [2.75, 3.05) is 13.2 Å². The lowest BCUT2D eigenvalue weighted by Crippen LogP contribution is -2.30. The molecule has 0 aromatic rings. The van der Waals surface area contributed by atoms with Crippen LogP contribution in [-0.2, 0) is 28.6 Å². The highest BCUT2D eigenvalue weighted by Crippen LogP contribution is 2.18. The zero-order valence-electron chi connectivity index (χ0n) is 53.5. The Morgan fingerprint density at radius 1 is 0.272 bits per heavy atom. The van der Waals surface area contributed by atoms with Crippen molar-refractivity contribution in [2.45, 2.75) is 348 Å². The Labute approximate surface area is 502 Å². The van der Waals surface area contributed by atoms with Crippen LogP contribution in [0.2, 0.25) is 0 Å². The van der Waals surface area contributed by atoms with E-state index < -0.39 is 12.1 Å². The summed E-state index contributed by atoms with van der Waals surface area (Å²) in [7, 11) is 0. The third kappa shape index (κ3) is 67.0. The second-order valence-corrected chi connectivity index (χ2v) is 23.1. The summed E-state index contributed by atoms with van der Waals surface area (Å²) in [6, 6.07) is 0. The second kappa shape index (κ2) is 68.8. The number of hydrogen-bond donors (Lipinski definition) is 0. The molecular formula is C75H130O6. The van der Waals surface area contributed by atoms with E-state index in [0.29, 0.717) is 12.8 Å². The molecule has 0 fully saturated rings. The van der Waals surface area contributed by atoms with E-state index >= 15 is 0 Å². The number of esters is 3. The Morgan fingerprint density at radius 2 is 0.519 bits per heavy atom. The van der Waals surface area contributed by atoms with Crippen LogP contribution in [0.15, 0.2) is 97.2 Å². The SMILES string of the molecule is CC/C=C\C/C=C\C/C=C\C/C=C\C/C=C\CC(=O)OC(COC(=O)CCCCCCC/C=C\C/C=C\C/C=C\CC)COC(=O)CCCCCCCCCCCCCCCCCCCCCCCCCCCCCCCCCCC. The largest absolute Gasteiger partial charge is 0.462 e. The minimum absolute atomic E-state index is 0.0927. The van der Waals surface area contributed by atoms with Gasteiger partial charge in [-0.05, 0) is 77.0 Å². The normalized spacial score (nSPS) is 12.7. The van der Waals surface area contributed by atoms with Crippen molar-refractivity contribution in [3.63, 3.8) is 0 Å². The van der Waals surface area contributed by atoms with E-state index in [4.69, 9.17) is 14.2 Å². The third-order valence-electron chi connectivity index (χ3n) is 15.1. The molecule has 1 unspecified atom stereocenters. The summed E-state index contributed by atoms with van der Waals surface area (Å²) in [6.45, 7) is 6.35. The van der Waals surface area contributed by atoms with E-state index in [1.54, 1.807) is 6.08 Å². The maximum Gasteiger partial charge on any atom is 0.310 e. The van der Waals surface area contributed by atoms with Gasteiger partial charge in [0, 0.05) is 12.8 Å². The predicted molar refractivity (Wildman–Crippen MR) is 353 cm³/mol. The average molecular weight is 1130 g/mol. The third-order valence-corrected chi connectivity index (χ3v) is 15.1. The molecule has 6 nitrogen and oxygen atoms in total. The summed E-state index contributed by atoms with van der Waals surface area (Å²) in [5.74, 6) is -1.06. The smallest absolute Gasteiger partial charge is 0.310 e. The summed E-state index contributed by atoms with van der Waals surface area (Å²) in [4.78, 5) is 38.2. The van der Waals surface area contributed by atoms with Gasteiger partial charge >= 0.3 is 17.9 Å². The van der Waals surface area contributed by atoms with Gasteiger partial charge < -0.3 is 14.2 Å². The van der Waals surface area contributed by atoms with Gasteiger partial charge in [-0.2, -0.15) is 0 Å². The van der Waals surface area contributed by atoms with Gasteiger partial charge in [0.2, 0.25) is 0 Å². The topological polar surface area (TPSA) is 78.9 Å². The molecule has 0 rings (SSSR count). The molecule has 6 heteroatoms. The van der Waals surface area contributed by atoms with Crippen molar-refractivity contribution in [3.05, 3.63) is 97.2 Å². The van der Waals surface area contributed by atoms with E-state index in [2.05, 4.69) is 106 Å². The molecule has 466 valence electrons. The van der Waals surface area contributed by atoms with E-state index in [9.17, 15) is 14.4 Å². The van der Waals surface area contributed by atoms with E-state index in [0.717, 1.165) is 109 Å². The summed E-state index contributed by atoms with van der Waals surface area (Å²) < 4.78 is 16.8. The first kappa shape index (κ1) is 77.3. The molecular weight excluding hydrogens is 997 g/mol. The maximum atomic E-state index is 12.8. The van der Waals surface area contributed by atoms with E-state index in [-0.39, 0.29) is 31.6 Å². The van der Waals surface area contributed by atoms with Gasteiger partial charge in [0.15, 0.2) is 6.10 Å². The quantitative estimate of drug-likeness (QED) is 0.0261. The number of carbonyl (C=O) groups excluding carboxylic acids is 3. The molecule has 0 saturated carbocycles. The molecule has 0 amide bonds. The molecule has 0 spiro atoms. The van der Waals surface area contributed by atoms with Gasteiger partial charge in [0.25, 0.3) is 0 Å². The first-order valence-electron chi connectivity index (χ1n) is 34.7. The maximum absolute atomic E-state index is 12.8. The van der Waals surface area contributed by atoms with Gasteiger partial charge in [-0.3, -0.25) is 14.4 Å². The molecule has 0 aliphatic rings. The fourth-order valence-electron chi connectivity index (χ4n) is 10.0. The zero-order valence-corrected chi connectivity index (χ0v) is 53.5. The lowest BCUT2D eigenvalue weighted by molar-refractivity contribution is -0.166. The molecule has 0 saturated heterocycles. The van der Waals surface area contributed by atoms with Crippen LogP contribution in [0.1, 0.15) is 342 Å². The standard InChI is InChI=1S/C75H130O6/c1-4-7-10-13-16-19-22-25-28-29-30-31-32-33-34-35-36-37-38-39-40-41-42-43-44-45-48-50-53-56-59-62-65-68-74(77)80-71-72(81-75(78)69-66-63-60-57-54-51-47-27-24-21-18-15-12-9-6-3)70-79-73(76)67-64-61-58-55-52-49-46-26-23-20-17-14-11-8-5-2/h8-9,11-12,17-18,20-21,26-27,46-47,54,57,63,66,72H,4-7,10,13-16,19,22-25,28-45,48-53,55-56,58-62,64-65,67-71H2,1-3H3/b11-8-,12-9-,20-17-,21-18-,46-26-,47-27-,57-54-,66-63-. The number of carbonyl (C=O) groups is 3. The summed E-state index contributed by atoms with van der Waals surface area (Å²) >= 11 is 0. The summed E-state index contributed by atoms with van der Waals surface area (Å²) in [5, 5.41) is 0.